The van der Waals surface area contributed by atoms with Gasteiger partial charge in [-0.3, -0.25) is 19.3 Å². The quantitative estimate of drug-likeness (QED) is 0.479. The fraction of sp³-hybridized carbons (Fsp3) is 0.120. The van der Waals surface area contributed by atoms with Crippen molar-refractivity contribution in [3.63, 3.8) is 0 Å². The Hall–Kier alpha value is -3.98. The van der Waals surface area contributed by atoms with E-state index < -0.39 is 11.7 Å². The van der Waals surface area contributed by atoms with Gasteiger partial charge in [-0.2, -0.15) is 0 Å². The molecule has 0 aliphatic carbocycles. The Morgan fingerprint density at radius 1 is 1.12 bits per heavy atom. The van der Waals surface area contributed by atoms with E-state index in [-0.39, 0.29) is 35.6 Å². The minimum Gasteiger partial charge on any atom is -0.350 e. The largest absolute Gasteiger partial charge is 0.350 e. The van der Waals surface area contributed by atoms with Crippen LogP contribution in [0.15, 0.2) is 71.8 Å². The molecular formula is C25H21FN4O3S. The van der Waals surface area contributed by atoms with Gasteiger partial charge >= 0.3 is 0 Å². The molecule has 4 rings (SSSR count). The van der Waals surface area contributed by atoms with Gasteiger partial charge in [0, 0.05) is 25.0 Å². The molecule has 2 heterocycles. The van der Waals surface area contributed by atoms with Crippen molar-refractivity contribution in [2.75, 3.05) is 18.4 Å². The molecule has 0 saturated carbocycles. The van der Waals surface area contributed by atoms with E-state index in [9.17, 15) is 18.8 Å². The third kappa shape index (κ3) is 5.49. The summed E-state index contributed by atoms with van der Waals surface area (Å²) in [5.74, 6) is -0.979. The van der Waals surface area contributed by atoms with Crippen molar-refractivity contribution in [2.45, 2.75) is 6.92 Å². The third-order valence-electron chi connectivity index (χ3n) is 5.01. The minimum absolute atomic E-state index is 0.0363. The Morgan fingerprint density at radius 2 is 1.91 bits per heavy atom. The van der Waals surface area contributed by atoms with Crippen molar-refractivity contribution < 1.29 is 18.8 Å². The molecule has 2 aromatic carbocycles. The van der Waals surface area contributed by atoms with Crippen molar-refractivity contribution in [1.82, 2.24) is 15.2 Å². The summed E-state index contributed by atoms with van der Waals surface area (Å²) in [4.78, 5) is 43.3. The lowest BCUT2D eigenvalue weighted by atomic mass is 10.1. The summed E-state index contributed by atoms with van der Waals surface area (Å²) in [6.45, 7) is 2.08. The monoisotopic (exact) mass is 476 g/mol. The number of thioether (sulfide) groups is 1. The fourth-order valence-electron chi connectivity index (χ4n) is 3.27. The lowest BCUT2D eigenvalue weighted by Crippen LogP contribution is -2.37. The molecule has 3 amide bonds. The van der Waals surface area contributed by atoms with Gasteiger partial charge in [0.15, 0.2) is 0 Å². The smallest absolute Gasteiger partial charge is 0.293 e. The molecule has 0 atom stereocenters. The van der Waals surface area contributed by atoms with Crippen LogP contribution in [0.5, 0.6) is 0 Å². The zero-order valence-corrected chi connectivity index (χ0v) is 19.1. The van der Waals surface area contributed by atoms with Crippen molar-refractivity contribution in [3.8, 4) is 0 Å². The van der Waals surface area contributed by atoms with Crippen LogP contribution in [0, 0.1) is 12.7 Å². The first-order chi connectivity index (χ1) is 16.4. The van der Waals surface area contributed by atoms with E-state index in [0.717, 1.165) is 27.8 Å². The highest BCUT2D eigenvalue weighted by atomic mass is 32.2. The SMILES string of the molecule is Cc1ccc(/C=C2\SC(=O)N(CCNC(=O)c3cccnc3Nc3cccc(F)c3)C2=O)cc1. The van der Waals surface area contributed by atoms with Gasteiger partial charge in [0.05, 0.1) is 10.5 Å². The van der Waals surface area contributed by atoms with Gasteiger partial charge in [-0.1, -0.05) is 35.9 Å². The number of nitrogens with one attached hydrogen (secondary N) is 2. The molecule has 0 bridgehead atoms. The number of amides is 3. The summed E-state index contributed by atoms with van der Waals surface area (Å²) in [6.07, 6.45) is 3.20. The average molecular weight is 477 g/mol. The van der Waals surface area contributed by atoms with E-state index in [1.165, 1.54) is 18.3 Å². The van der Waals surface area contributed by atoms with E-state index in [0.29, 0.717) is 10.6 Å². The van der Waals surface area contributed by atoms with Crippen LogP contribution in [0.4, 0.5) is 20.7 Å². The maximum absolute atomic E-state index is 13.5. The fourth-order valence-corrected chi connectivity index (χ4v) is 4.14. The van der Waals surface area contributed by atoms with Gasteiger partial charge < -0.3 is 10.6 Å². The lowest BCUT2D eigenvalue weighted by Gasteiger charge is -2.14. The summed E-state index contributed by atoms with van der Waals surface area (Å²) in [5, 5.41) is 5.26. The van der Waals surface area contributed by atoms with Crippen molar-refractivity contribution in [1.29, 1.82) is 0 Å². The van der Waals surface area contributed by atoms with Crippen LogP contribution in [0.2, 0.25) is 0 Å². The van der Waals surface area contributed by atoms with Gasteiger partial charge in [0.2, 0.25) is 0 Å². The molecule has 9 heteroatoms. The maximum atomic E-state index is 13.5. The number of pyridine rings is 1. The summed E-state index contributed by atoms with van der Waals surface area (Å²) >= 11 is 0.876. The van der Waals surface area contributed by atoms with Crippen LogP contribution < -0.4 is 10.6 Å². The second kappa shape index (κ2) is 10.3. The number of hydrogen-bond donors (Lipinski definition) is 2. The van der Waals surface area contributed by atoms with Crippen molar-refractivity contribution in [3.05, 3.63) is 94.3 Å². The Balaban J connectivity index is 1.37. The normalized spacial score (nSPS) is 14.5. The molecule has 2 N–H and O–H groups in total. The molecule has 3 aromatic rings. The predicted octanol–water partition coefficient (Wildman–Crippen LogP) is 4.74. The molecule has 1 aliphatic heterocycles. The van der Waals surface area contributed by atoms with Crippen LogP contribution in [0.3, 0.4) is 0 Å². The first kappa shape index (κ1) is 23.2. The van der Waals surface area contributed by atoms with Gasteiger partial charge in [-0.05, 0) is 60.7 Å². The maximum Gasteiger partial charge on any atom is 0.293 e. The van der Waals surface area contributed by atoms with Crippen molar-refractivity contribution >= 4 is 46.4 Å². The zero-order valence-electron chi connectivity index (χ0n) is 18.2. The second-order valence-corrected chi connectivity index (χ2v) is 8.53. The molecule has 1 aliphatic rings. The number of halogens is 1. The summed E-state index contributed by atoms with van der Waals surface area (Å²) in [6, 6.07) is 16.6. The van der Waals surface area contributed by atoms with Crippen LogP contribution in [-0.2, 0) is 4.79 Å². The number of carbonyl (C=O) groups is 3. The predicted molar refractivity (Wildman–Crippen MR) is 130 cm³/mol. The van der Waals surface area contributed by atoms with Crippen molar-refractivity contribution in [2.24, 2.45) is 0 Å². The van der Waals surface area contributed by atoms with Crippen LogP contribution in [0.1, 0.15) is 21.5 Å². The number of anilines is 2. The topological polar surface area (TPSA) is 91.4 Å². The van der Waals surface area contributed by atoms with E-state index in [2.05, 4.69) is 15.6 Å². The lowest BCUT2D eigenvalue weighted by molar-refractivity contribution is -0.122. The Kier molecular flexibility index (Phi) is 7.03. The molecule has 1 saturated heterocycles. The molecule has 0 radical (unpaired) electrons. The van der Waals surface area contributed by atoms with E-state index >= 15 is 0 Å². The standard InChI is InChI=1S/C25H21FN4O3S/c1-16-7-9-17(10-8-16)14-21-24(32)30(25(33)34-21)13-12-28-23(31)20-6-3-11-27-22(20)29-19-5-2-4-18(26)15-19/h2-11,14-15H,12-13H2,1H3,(H,27,29)(H,28,31)/b21-14-. The number of aromatic nitrogens is 1. The highest BCUT2D eigenvalue weighted by molar-refractivity contribution is 8.18. The van der Waals surface area contributed by atoms with E-state index in [4.69, 9.17) is 0 Å². The van der Waals surface area contributed by atoms with Gasteiger partial charge in [-0.15, -0.1) is 0 Å². The minimum atomic E-state index is -0.436. The Bertz CT molecular complexity index is 1280. The number of rotatable bonds is 7. The van der Waals surface area contributed by atoms with E-state index in [1.807, 2.05) is 31.2 Å². The average Bonchev–Trinajstić information content (AvgIpc) is 3.08. The molecule has 34 heavy (non-hydrogen) atoms. The number of aryl methyl sites for hydroxylation is 1. The molecule has 0 unspecified atom stereocenters. The number of imide groups is 1. The van der Waals surface area contributed by atoms with Crippen LogP contribution >= 0.6 is 11.8 Å². The number of benzene rings is 2. The Labute approximate surface area is 200 Å². The third-order valence-corrected chi connectivity index (χ3v) is 5.92. The number of hydrogen-bond acceptors (Lipinski definition) is 6. The van der Waals surface area contributed by atoms with Gasteiger partial charge in [0.1, 0.15) is 11.6 Å². The Morgan fingerprint density at radius 3 is 2.68 bits per heavy atom. The molecule has 1 aromatic heterocycles. The van der Waals surface area contributed by atoms with Crippen LogP contribution in [-0.4, -0.2) is 40.0 Å². The van der Waals surface area contributed by atoms with Crippen LogP contribution in [0.25, 0.3) is 6.08 Å². The van der Waals surface area contributed by atoms with Gasteiger partial charge in [-0.25, -0.2) is 9.37 Å². The zero-order chi connectivity index (χ0) is 24.1. The van der Waals surface area contributed by atoms with Gasteiger partial charge in [0.25, 0.3) is 17.1 Å². The summed E-state index contributed by atoms with van der Waals surface area (Å²) in [5.41, 5.74) is 2.63. The highest BCUT2D eigenvalue weighted by Crippen LogP contribution is 2.32. The second-order valence-electron chi connectivity index (χ2n) is 7.53. The first-order valence-electron chi connectivity index (χ1n) is 10.5. The number of nitrogens with zero attached hydrogens (tertiary/aromatic N) is 2. The molecular weight excluding hydrogens is 455 g/mol. The molecule has 172 valence electrons. The first-order valence-corrected chi connectivity index (χ1v) is 11.3. The number of carbonyl (C=O) groups excluding carboxylic acids is 3. The summed E-state index contributed by atoms with van der Waals surface area (Å²) < 4.78 is 13.5. The molecule has 0 spiro atoms. The summed E-state index contributed by atoms with van der Waals surface area (Å²) in [7, 11) is 0. The molecule has 1 fully saturated rings. The van der Waals surface area contributed by atoms with E-state index in [1.54, 1.807) is 30.3 Å². The highest BCUT2D eigenvalue weighted by Gasteiger charge is 2.34. The molecule has 7 nitrogen and oxygen atoms in total.